The van der Waals surface area contributed by atoms with Gasteiger partial charge in [0.15, 0.2) is 5.58 Å². The topological polar surface area (TPSA) is 146 Å². The van der Waals surface area contributed by atoms with Crippen LogP contribution in [0.5, 0.6) is 5.75 Å². The molecule has 1 aromatic heterocycles. The van der Waals surface area contributed by atoms with Crippen LogP contribution in [0, 0.1) is 17.2 Å². The third-order valence-corrected chi connectivity index (χ3v) is 11.2. The zero-order valence-corrected chi connectivity index (χ0v) is 25.9. The van der Waals surface area contributed by atoms with Crippen molar-refractivity contribution in [3.8, 4) is 34.4 Å². The Bertz CT molecular complexity index is 1970. The molecule has 12 heteroatoms. The first kappa shape index (κ1) is 29.7. The molecule has 1 saturated carbocycles. The van der Waals surface area contributed by atoms with E-state index in [1.54, 1.807) is 0 Å². The maximum Gasteiger partial charge on any atom is 0.237 e. The van der Waals surface area contributed by atoms with E-state index in [0.29, 0.717) is 77.7 Å². The van der Waals surface area contributed by atoms with E-state index in [1.165, 1.54) is 0 Å². The van der Waals surface area contributed by atoms with Crippen LogP contribution in [-0.2, 0) is 21.2 Å². The zero-order valence-electron chi connectivity index (χ0n) is 24.3. The van der Waals surface area contributed by atoms with Gasteiger partial charge >= 0.3 is 0 Å². The lowest BCUT2D eigenvalue weighted by Gasteiger charge is -2.24. The Morgan fingerprint density at radius 3 is 2.73 bits per heavy atom. The number of fused-ring (bicyclic) bond motifs is 2. The molecule has 4 aromatic rings. The number of nitriles is 1. The van der Waals surface area contributed by atoms with Gasteiger partial charge in [-0.05, 0) is 79.6 Å². The summed E-state index contributed by atoms with van der Waals surface area (Å²) in [6.45, 7) is 1.21. The molecule has 45 heavy (non-hydrogen) atoms. The number of sulfonamides is 1. The molecule has 1 saturated heterocycles. The van der Waals surface area contributed by atoms with E-state index in [9.17, 15) is 18.5 Å². The summed E-state index contributed by atoms with van der Waals surface area (Å²) in [7, 11) is -3.59. The number of aliphatic hydroxyl groups excluding tert-OH is 1. The van der Waals surface area contributed by atoms with Gasteiger partial charge in [-0.15, -0.1) is 0 Å². The van der Waals surface area contributed by atoms with Crippen LogP contribution < -0.4 is 9.46 Å². The first-order chi connectivity index (χ1) is 21.8. The molecule has 0 unspecified atom stereocenters. The highest BCUT2D eigenvalue weighted by Gasteiger charge is 2.41. The number of benzene rings is 3. The van der Waals surface area contributed by atoms with Crippen LogP contribution in [0.25, 0.3) is 33.7 Å². The van der Waals surface area contributed by atoms with E-state index in [4.69, 9.17) is 30.8 Å². The van der Waals surface area contributed by atoms with Gasteiger partial charge in [-0.3, -0.25) is 14.4 Å². The molecule has 1 amide bonds. The fourth-order valence-corrected chi connectivity index (χ4v) is 8.23. The molecule has 7 rings (SSSR count). The van der Waals surface area contributed by atoms with Gasteiger partial charge < -0.3 is 14.3 Å². The summed E-state index contributed by atoms with van der Waals surface area (Å²) in [4.78, 5) is 19.8. The predicted octanol–water partition coefficient (Wildman–Crippen LogP) is 4.98. The summed E-state index contributed by atoms with van der Waals surface area (Å²) in [6.07, 6.45) is 3.25. The van der Waals surface area contributed by atoms with Crippen molar-refractivity contribution in [1.29, 1.82) is 5.26 Å². The number of nitrogens with one attached hydrogen (secondary N) is 1. The van der Waals surface area contributed by atoms with Gasteiger partial charge in [0.25, 0.3) is 0 Å². The molecular weight excluding hydrogens is 616 g/mol. The molecule has 0 bridgehead atoms. The Balaban J connectivity index is 1.17. The Labute approximate surface area is 265 Å². The van der Waals surface area contributed by atoms with Gasteiger partial charge in [-0.1, -0.05) is 35.9 Å². The van der Waals surface area contributed by atoms with E-state index in [1.807, 2.05) is 48.5 Å². The van der Waals surface area contributed by atoms with Crippen molar-refractivity contribution < 1.29 is 27.5 Å². The van der Waals surface area contributed by atoms with Crippen LogP contribution in [0.2, 0.25) is 5.02 Å². The zero-order chi connectivity index (χ0) is 31.3. The standard InChI is InChI=1S/C33H31ClN4O6S/c34-30-23(19-3-1-4-21(15-19)43-14-13-39)5-2-6-25(30)33-36-28-16-26-24(27(17-35)31(28)44-33)9-10-29(26)38-12-11-20(18-38)32(40)37-45(41,42)22-7-8-22/h1-6,15-16,20,22,29,39H,7-14,18H2,(H,37,40)/t20-,29-/m1/s1. The van der Waals surface area contributed by atoms with Gasteiger partial charge in [0.2, 0.25) is 21.8 Å². The molecule has 0 spiro atoms. The minimum Gasteiger partial charge on any atom is -0.491 e. The summed E-state index contributed by atoms with van der Waals surface area (Å²) < 4.78 is 38.7. The molecule has 2 atom stereocenters. The van der Waals surface area contributed by atoms with E-state index in [-0.39, 0.29) is 19.3 Å². The van der Waals surface area contributed by atoms with Crippen molar-refractivity contribution in [2.75, 3.05) is 26.3 Å². The number of oxazole rings is 1. The van der Waals surface area contributed by atoms with E-state index >= 15 is 0 Å². The summed E-state index contributed by atoms with van der Waals surface area (Å²) in [5.41, 5.74) is 5.50. The molecule has 2 heterocycles. The molecule has 0 radical (unpaired) electrons. The maximum atomic E-state index is 12.8. The van der Waals surface area contributed by atoms with Crippen LogP contribution in [-0.4, -0.2) is 60.9 Å². The fraction of sp³-hybridized carbons (Fsp3) is 0.364. The molecule has 3 aromatic carbocycles. The van der Waals surface area contributed by atoms with Gasteiger partial charge in [-0.2, -0.15) is 5.26 Å². The van der Waals surface area contributed by atoms with Crippen molar-refractivity contribution in [2.24, 2.45) is 5.92 Å². The number of likely N-dealkylation sites (tertiary alicyclic amines) is 1. The number of halogens is 1. The lowest BCUT2D eigenvalue weighted by atomic mass is 10.0. The summed E-state index contributed by atoms with van der Waals surface area (Å²) in [5, 5.41) is 19.3. The van der Waals surface area contributed by atoms with E-state index < -0.39 is 27.1 Å². The number of carbonyl (C=O) groups is 1. The Morgan fingerprint density at radius 1 is 1.16 bits per heavy atom. The van der Waals surface area contributed by atoms with Gasteiger partial charge in [-0.25, -0.2) is 13.4 Å². The molecule has 2 fully saturated rings. The lowest BCUT2D eigenvalue weighted by molar-refractivity contribution is -0.122. The third kappa shape index (κ3) is 5.57. The highest BCUT2D eigenvalue weighted by Crippen LogP contribution is 2.44. The third-order valence-electron chi connectivity index (χ3n) is 8.93. The molecule has 232 valence electrons. The quantitative estimate of drug-likeness (QED) is 0.257. The summed E-state index contributed by atoms with van der Waals surface area (Å²) >= 11 is 6.92. The Morgan fingerprint density at radius 2 is 1.96 bits per heavy atom. The first-order valence-corrected chi connectivity index (χ1v) is 17.0. The number of hydrogen-bond acceptors (Lipinski definition) is 9. The van der Waals surface area contributed by atoms with Crippen molar-refractivity contribution in [3.05, 3.63) is 70.2 Å². The molecule has 3 aliphatic rings. The molecular formula is C33H31ClN4O6S. The van der Waals surface area contributed by atoms with Gasteiger partial charge in [0, 0.05) is 18.2 Å². The van der Waals surface area contributed by atoms with Crippen molar-refractivity contribution in [3.63, 3.8) is 0 Å². The SMILES string of the molecule is N#Cc1c2c(cc3nc(-c4cccc(-c5cccc(OCCO)c5)c4Cl)oc13)[C@H](N1CC[C@@H](C(=O)NS(=O)(=O)C3CC3)C1)CC2. The minimum atomic E-state index is -3.59. The highest BCUT2D eigenvalue weighted by molar-refractivity contribution is 7.90. The number of nitrogens with zero attached hydrogens (tertiary/aromatic N) is 3. The smallest absolute Gasteiger partial charge is 0.237 e. The van der Waals surface area contributed by atoms with Crippen LogP contribution >= 0.6 is 11.6 Å². The second-order valence-electron chi connectivity index (χ2n) is 11.8. The second kappa shape index (κ2) is 11.8. The number of carbonyl (C=O) groups excluding carboxylic acids is 1. The number of rotatable bonds is 9. The van der Waals surface area contributed by atoms with Crippen LogP contribution in [0.1, 0.15) is 48.4 Å². The van der Waals surface area contributed by atoms with Crippen LogP contribution in [0.4, 0.5) is 0 Å². The van der Waals surface area contributed by atoms with Gasteiger partial charge in [0.05, 0.1) is 28.4 Å². The molecule has 1 aliphatic heterocycles. The summed E-state index contributed by atoms with van der Waals surface area (Å²) in [5.74, 6) is 0.0779. The number of amides is 1. The lowest BCUT2D eigenvalue weighted by Crippen LogP contribution is -2.38. The van der Waals surface area contributed by atoms with E-state index in [0.717, 1.165) is 28.7 Å². The Kier molecular flexibility index (Phi) is 7.78. The largest absolute Gasteiger partial charge is 0.491 e. The van der Waals surface area contributed by atoms with Crippen molar-refractivity contribution >= 4 is 38.6 Å². The number of hydrogen-bond donors (Lipinski definition) is 2. The molecule has 2 aliphatic carbocycles. The van der Waals surface area contributed by atoms with Gasteiger partial charge in [0.1, 0.15) is 29.5 Å². The fourth-order valence-electron chi connectivity index (χ4n) is 6.55. The normalized spacial score (nSPS) is 19.8. The first-order valence-electron chi connectivity index (χ1n) is 15.1. The number of aliphatic hydroxyl groups is 1. The average molecular weight is 647 g/mol. The second-order valence-corrected chi connectivity index (χ2v) is 14.1. The highest BCUT2D eigenvalue weighted by atomic mass is 35.5. The van der Waals surface area contributed by atoms with Crippen LogP contribution in [0.15, 0.2) is 52.9 Å². The minimum absolute atomic E-state index is 0.0123. The Hall–Kier alpha value is -3.95. The van der Waals surface area contributed by atoms with Crippen molar-refractivity contribution in [2.45, 2.75) is 43.4 Å². The monoisotopic (exact) mass is 646 g/mol. The average Bonchev–Trinajstić information content (AvgIpc) is 3.44. The molecule has 2 N–H and O–H groups in total. The maximum absolute atomic E-state index is 12.8. The molecule has 10 nitrogen and oxygen atoms in total. The number of ether oxygens (including phenoxy) is 1. The van der Waals surface area contributed by atoms with Crippen LogP contribution in [0.3, 0.4) is 0 Å². The number of aromatic nitrogens is 1. The predicted molar refractivity (Wildman–Crippen MR) is 168 cm³/mol. The van der Waals surface area contributed by atoms with Crippen molar-refractivity contribution in [1.82, 2.24) is 14.6 Å². The summed E-state index contributed by atoms with van der Waals surface area (Å²) in [6, 6.07) is 17.3. The van der Waals surface area contributed by atoms with E-state index in [2.05, 4.69) is 15.7 Å².